The maximum Gasteiger partial charge on any atom is 0.237 e. The maximum absolute atomic E-state index is 12.2. The summed E-state index contributed by atoms with van der Waals surface area (Å²) >= 11 is 0. The summed E-state index contributed by atoms with van der Waals surface area (Å²) in [7, 11) is 0. The minimum atomic E-state index is -0.791. The molecule has 0 unspecified atom stereocenters. The molecule has 3 heterocycles. The van der Waals surface area contributed by atoms with E-state index in [-0.39, 0.29) is 5.91 Å². The Morgan fingerprint density at radius 2 is 2.35 bits per heavy atom. The van der Waals surface area contributed by atoms with Gasteiger partial charge in [0.25, 0.3) is 0 Å². The molecule has 1 fully saturated rings. The highest BCUT2D eigenvalue weighted by Gasteiger charge is 2.47. The second-order valence-corrected chi connectivity index (χ2v) is 5.77. The van der Waals surface area contributed by atoms with Gasteiger partial charge < -0.3 is 20.1 Å². The van der Waals surface area contributed by atoms with Crippen molar-refractivity contribution in [3.8, 4) is 5.75 Å². The molecule has 3 rings (SSSR count). The van der Waals surface area contributed by atoms with E-state index in [9.17, 15) is 9.90 Å². The van der Waals surface area contributed by atoms with Gasteiger partial charge in [0.05, 0.1) is 12.6 Å². The second kappa shape index (κ2) is 4.71. The van der Waals surface area contributed by atoms with Gasteiger partial charge in [0, 0.05) is 31.0 Å². The molecule has 0 bridgehead atoms. The van der Waals surface area contributed by atoms with E-state index in [0.29, 0.717) is 18.8 Å². The highest BCUT2D eigenvalue weighted by molar-refractivity contribution is 5.79. The van der Waals surface area contributed by atoms with Crippen molar-refractivity contribution < 1.29 is 14.6 Å². The summed E-state index contributed by atoms with van der Waals surface area (Å²) in [5.74, 6) is 0.680. The number of hydrogen-bond acceptors (Lipinski definition) is 5. The van der Waals surface area contributed by atoms with Gasteiger partial charge in [-0.15, -0.1) is 0 Å². The Morgan fingerprint density at radius 1 is 1.55 bits per heavy atom. The quantitative estimate of drug-likeness (QED) is 0.761. The first-order valence-electron chi connectivity index (χ1n) is 6.82. The molecule has 0 aromatic carbocycles. The number of nitrogens with one attached hydrogen (secondary N) is 1. The number of piperazine rings is 1. The second-order valence-electron chi connectivity index (χ2n) is 5.77. The lowest BCUT2D eigenvalue weighted by atomic mass is 9.86. The van der Waals surface area contributed by atoms with Crippen molar-refractivity contribution in [1.82, 2.24) is 15.2 Å². The van der Waals surface area contributed by atoms with Crippen LogP contribution in [-0.4, -0.2) is 52.2 Å². The van der Waals surface area contributed by atoms with Crippen LogP contribution in [0.4, 0.5) is 0 Å². The molecular weight excluding hydrogens is 258 g/mol. The van der Waals surface area contributed by atoms with Gasteiger partial charge in [-0.1, -0.05) is 0 Å². The normalized spacial score (nSPS) is 28.8. The molecule has 2 aliphatic rings. The predicted octanol–water partition coefficient (Wildman–Crippen LogP) is 0.0864. The lowest BCUT2D eigenvalue weighted by Gasteiger charge is -2.47. The van der Waals surface area contributed by atoms with Gasteiger partial charge in [-0.05, 0) is 19.9 Å². The summed E-state index contributed by atoms with van der Waals surface area (Å²) in [4.78, 5) is 18.0. The van der Waals surface area contributed by atoms with E-state index in [2.05, 4.69) is 10.3 Å². The zero-order chi connectivity index (χ0) is 14.3. The third-order valence-electron chi connectivity index (χ3n) is 3.97. The first-order valence-corrected chi connectivity index (χ1v) is 6.82. The molecule has 0 saturated carbocycles. The Balaban J connectivity index is 2.05. The van der Waals surface area contributed by atoms with Crippen molar-refractivity contribution in [2.45, 2.75) is 31.6 Å². The van der Waals surface area contributed by atoms with E-state index in [1.165, 1.54) is 0 Å². The van der Waals surface area contributed by atoms with Gasteiger partial charge in [0.1, 0.15) is 17.5 Å². The van der Waals surface area contributed by atoms with E-state index in [0.717, 1.165) is 12.1 Å². The van der Waals surface area contributed by atoms with Crippen LogP contribution >= 0.6 is 0 Å². The average molecular weight is 277 g/mol. The number of nitrogens with zero attached hydrogens (tertiary/aromatic N) is 2. The molecule has 108 valence electrons. The monoisotopic (exact) mass is 277 g/mol. The number of ether oxygens (including phenoxy) is 1. The fraction of sp³-hybridized carbons (Fsp3) is 0.571. The molecule has 1 aromatic heterocycles. The van der Waals surface area contributed by atoms with E-state index < -0.39 is 17.7 Å². The highest BCUT2D eigenvalue weighted by atomic mass is 16.5. The average Bonchev–Trinajstić information content (AvgIpc) is 2.41. The molecule has 6 nitrogen and oxygen atoms in total. The van der Waals surface area contributed by atoms with Gasteiger partial charge >= 0.3 is 0 Å². The molecule has 20 heavy (non-hydrogen) atoms. The first-order chi connectivity index (χ1) is 9.50. The lowest BCUT2D eigenvalue weighted by Crippen LogP contribution is -2.58. The Morgan fingerprint density at radius 3 is 3.10 bits per heavy atom. The number of aliphatic hydroxyl groups is 1. The zero-order valence-corrected chi connectivity index (χ0v) is 11.7. The topological polar surface area (TPSA) is 74.7 Å². The SMILES string of the molecule is CC1(C)Oc2ccncc2[C@H](N2CCNCC2=O)[C@H]1O. The Bertz CT molecular complexity index is 532. The number of carbonyl (C=O) groups excluding carboxylic acids is 1. The van der Waals surface area contributed by atoms with Crippen LogP contribution in [-0.2, 0) is 4.79 Å². The summed E-state index contributed by atoms with van der Waals surface area (Å²) in [5, 5.41) is 13.7. The molecule has 2 N–H and O–H groups in total. The van der Waals surface area contributed by atoms with Gasteiger partial charge in [-0.3, -0.25) is 9.78 Å². The minimum absolute atomic E-state index is 0.00666. The number of rotatable bonds is 1. The lowest BCUT2D eigenvalue weighted by molar-refractivity contribution is -0.145. The predicted molar refractivity (Wildman–Crippen MR) is 72.3 cm³/mol. The standard InChI is InChI=1S/C14H19N3O3/c1-14(2)13(19)12(17-6-5-16-8-11(17)18)9-7-15-4-3-10(9)20-14/h3-4,7,12-13,16,19H,5-6,8H2,1-2H3/t12-,13+/m0/s1. The Hall–Kier alpha value is -1.66. The van der Waals surface area contributed by atoms with Crippen LogP contribution in [0.15, 0.2) is 18.5 Å². The molecule has 6 heteroatoms. The summed E-state index contributed by atoms with van der Waals surface area (Å²) in [6, 6.07) is 1.37. The van der Waals surface area contributed by atoms with Crippen molar-refractivity contribution >= 4 is 5.91 Å². The van der Waals surface area contributed by atoms with Crippen LogP contribution in [0.3, 0.4) is 0 Å². The Kier molecular flexibility index (Phi) is 3.14. The number of carbonyl (C=O) groups is 1. The highest BCUT2D eigenvalue weighted by Crippen LogP contribution is 2.42. The van der Waals surface area contributed by atoms with Crippen LogP contribution in [0.2, 0.25) is 0 Å². The van der Waals surface area contributed by atoms with Gasteiger partial charge in [0.2, 0.25) is 5.91 Å². The number of amides is 1. The van der Waals surface area contributed by atoms with Gasteiger partial charge in [-0.2, -0.15) is 0 Å². The van der Waals surface area contributed by atoms with E-state index in [4.69, 9.17) is 4.74 Å². The summed E-state index contributed by atoms with van der Waals surface area (Å²) in [6.07, 6.45) is 2.54. The molecule has 1 amide bonds. The molecule has 0 radical (unpaired) electrons. The van der Waals surface area contributed by atoms with E-state index in [1.54, 1.807) is 23.4 Å². The van der Waals surface area contributed by atoms with Crippen LogP contribution in [0.25, 0.3) is 0 Å². The van der Waals surface area contributed by atoms with Crippen LogP contribution in [0.5, 0.6) is 5.75 Å². The number of aromatic nitrogens is 1. The molecule has 2 atom stereocenters. The molecular formula is C14H19N3O3. The maximum atomic E-state index is 12.2. The summed E-state index contributed by atoms with van der Waals surface area (Å²) in [6.45, 7) is 5.28. The first kappa shape index (κ1) is 13.3. The number of aliphatic hydroxyl groups excluding tert-OH is 1. The van der Waals surface area contributed by atoms with Gasteiger partial charge in [-0.25, -0.2) is 0 Å². The summed E-state index contributed by atoms with van der Waals surface area (Å²) < 4.78 is 5.84. The molecule has 2 aliphatic heterocycles. The fourth-order valence-corrected chi connectivity index (χ4v) is 2.86. The van der Waals surface area contributed by atoms with Crippen molar-refractivity contribution in [1.29, 1.82) is 0 Å². The van der Waals surface area contributed by atoms with Crippen molar-refractivity contribution in [3.05, 3.63) is 24.0 Å². The zero-order valence-electron chi connectivity index (χ0n) is 11.7. The van der Waals surface area contributed by atoms with Crippen LogP contribution in [0, 0.1) is 0 Å². The fourth-order valence-electron chi connectivity index (χ4n) is 2.86. The smallest absolute Gasteiger partial charge is 0.237 e. The molecule has 0 spiro atoms. The van der Waals surface area contributed by atoms with Crippen molar-refractivity contribution in [2.75, 3.05) is 19.6 Å². The van der Waals surface area contributed by atoms with E-state index in [1.807, 2.05) is 13.8 Å². The molecule has 1 aromatic rings. The summed E-state index contributed by atoms with van der Waals surface area (Å²) in [5.41, 5.74) is 0.0269. The van der Waals surface area contributed by atoms with E-state index >= 15 is 0 Å². The largest absolute Gasteiger partial charge is 0.485 e. The third-order valence-corrected chi connectivity index (χ3v) is 3.97. The minimum Gasteiger partial charge on any atom is -0.485 e. The van der Waals surface area contributed by atoms with Gasteiger partial charge in [0.15, 0.2) is 0 Å². The number of fused-ring (bicyclic) bond motifs is 1. The third kappa shape index (κ3) is 2.05. The number of pyridine rings is 1. The van der Waals surface area contributed by atoms with Crippen LogP contribution in [0.1, 0.15) is 25.5 Å². The van der Waals surface area contributed by atoms with Crippen molar-refractivity contribution in [3.63, 3.8) is 0 Å². The molecule has 1 saturated heterocycles. The Labute approximate surface area is 117 Å². The van der Waals surface area contributed by atoms with Crippen molar-refractivity contribution in [2.24, 2.45) is 0 Å². The molecule has 0 aliphatic carbocycles. The van der Waals surface area contributed by atoms with Crippen LogP contribution < -0.4 is 10.1 Å². The number of hydrogen-bond donors (Lipinski definition) is 2.